The number of benzene rings is 2. The van der Waals surface area contributed by atoms with E-state index in [4.69, 9.17) is 4.74 Å². The van der Waals surface area contributed by atoms with Crippen LogP contribution in [0.5, 0.6) is 5.75 Å². The topological polar surface area (TPSA) is 12.5 Å². The largest absolute Gasteiger partial charge is 0.497 e. The van der Waals surface area contributed by atoms with Gasteiger partial charge in [-0.3, -0.25) is 0 Å². The van der Waals surface area contributed by atoms with Crippen LogP contribution in [0.4, 0.5) is 5.69 Å². The van der Waals surface area contributed by atoms with E-state index in [2.05, 4.69) is 58.2 Å². The maximum Gasteiger partial charge on any atom is 0.120 e. The van der Waals surface area contributed by atoms with E-state index in [1.807, 2.05) is 18.2 Å². The van der Waals surface area contributed by atoms with E-state index in [-0.39, 0.29) is 0 Å². The highest BCUT2D eigenvalue weighted by atomic mass is 79.9. The van der Waals surface area contributed by atoms with Crippen LogP contribution in [0.3, 0.4) is 0 Å². The molecule has 2 aromatic rings. The smallest absolute Gasteiger partial charge is 0.120 e. The predicted molar refractivity (Wildman–Crippen MR) is 79.2 cm³/mol. The second kappa shape index (κ2) is 5.91. The summed E-state index contributed by atoms with van der Waals surface area (Å²) in [5.74, 6) is 0.884. The van der Waals surface area contributed by atoms with E-state index < -0.39 is 0 Å². The highest BCUT2D eigenvalue weighted by Gasteiger charge is 2.03. The first-order valence-electron chi connectivity index (χ1n) is 5.78. The average molecular weight is 306 g/mol. The molecule has 94 valence electrons. The van der Waals surface area contributed by atoms with Crippen LogP contribution in [-0.2, 0) is 6.54 Å². The molecule has 0 amide bonds. The van der Waals surface area contributed by atoms with Crippen molar-refractivity contribution < 1.29 is 4.74 Å². The van der Waals surface area contributed by atoms with Crippen LogP contribution in [0.25, 0.3) is 0 Å². The normalized spacial score (nSPS) is 10.2. The number of rotatable bonds is 4. The molecule has 0 radical (unpaired) electrons. The van der Waals surface area contributed by atoms with Gasteiger partial charge in [0.25, 0.3) is 0 Å². The van der Waals surface area contributed by atoms with E-state index in [1.165, 1.54) is 5.56 Å². The minimum absolute atomic E-state index is 0.875. The lowest BCUT2D eigenvalue weighted by molar-refractivity contribution is 0.415. The Morgan fingerprint density at radius 2 is 1.83 bits per heavy atom. The zero-order chi connectivity index (χ0) is 13.0. The van der Waals surface area contributed by atoms with Crippen molar-refractivity contribution in [3.8, 4) is 5.75 Å². The summed E-state index contributed by atoms with van der Waals surface area (Å²) in [4.78, 5) is 2.20. The first-order chi connectivity index (χ1) is 8.69. The molecule has 0 bridgehead atoms. The number of hydrogen-bond acceptors (Lipinski definition) is 2. The molecule has 0 saturated heterocycles. The zero-order valence-corrected chi connectivity index (χ0v) is 12.1. The molecule has 0 unspecified atom stereocenters. The van der Waals surface area contributed by atoms with Crippen LogP contribution in [0, 0.1) is 0 Å². The van der Waals surface area contributed by atoms with E-state index >= 15 is 0 Å². The van der Waals surface area contributed by atoms with Crippen LogP contribution < -0.4 is 9.64 Å². The molecule has 2 rings (SSSR count). The van der Waals surface area contributed by atoms with E-state index in [1.54, 1.807) is 7.11 Å². The summed E-state index contributed by atoms with van der Waals surface area (Å²) in [6, 6.07) is 16.5. The Hall–Kier alpha value is -1.48. The molecule has 0 saturated carbocycles. The predicted octanol–water partition coefficient (Wildman–Crippen LogP) is 4.09. The summed E-state index contributed by atoms with van der Waals surface area (Å²) < 4.78 is 6.34. The Bertz CT molecular complexity index is 510. The Balaban J connectivity index is 2.11. The summed E-state index contributed by atoms with van der Waals surface area (Å²) in [7, 11) is 3.77. The third-order valence-electron chi connectivity index (χ3n) is 2.83. The first kappa shape index (κ1) is 13.0. The molecular weight excluding hydrogens is 290 g/mol. The van der Waals surface area contributed by atoms with Crippen molar-refractivity contribution in [2.45, 2.75) is 6.54 Å². The minimum Gasteiger partial charge on any atom is -0.497 e. The monoisotopic (exact) mass is 305 g/mol. The van der Waals surface area contributed by atoms with E-state index in [0.29, 0.717) is 0 Å². The van der Waals surface area contributed by atoms with Gasteiger partial charge in [0.15, 0.2) is 0 Å². The van der Waals surface area contributed by atoms with Gasteiger partial charge < -0.3 is 9.64 Å². The van der Waals surface area contributed by atoms with Gasteiger partial charge in [-0.05, 0) is 29.8 Å². The van der Waals surface area contributed by atoms with Gasteiger partial charge in [-0.25, -0.2) is 0 Å². The number of halogens is 1. The summed E-state index contributed by atoms with van der Waals surface area (Å²) >= 11 is 3.45. The molecule has 0 spiro atoms. The molecule has 0 atom stereocenters. The van der Waals surface area contributed by atoms with Crippen molar-refractivity contribution in [3.63, 3.8) is 0 Å². The lowest BCUT2D eigenvalue weighted by atomic mass is 10.2. The van der Waals surface area contributed by atoms with Gasteiger partial charge in [-0.2, -0.15) is 0 Å². The highest BCUT2D eigenvalue weighted by Crippen LogP contribution is 2.21. The third kappa shape index (κ3) is 3.26. The van der Waals surface area contributed by atoms with Gasteiger partial charge in [0.2, 0.25) is 0 Å². The summed E-state index contributed by atoms with van der Waals surface area (Å²) in [6.45, 7) is 0.875. The van der Waals surface area contributed by atoms with Crippen LogP contribution in [0.15, 0.2) is 53.0 Å². The maximum absolute atomic E-state index is 5.24. The summed E-state index contributed by atoms with van der Waals surface area (Å²) in [5, 5.41) is 0. The molecule has 0 heterocycles. The summed E-state index contributed by atoms with van der Waals surface area (Å²) in [5.41, 5.74) is 2.43. The van der Waals surface area contributed by atoms with Gasteiger partial charge in [0.1, 0.15) is 5.75 Å². The summed E-state index contributed by atoms with van der Waals surface area (Å²) in [6.07, 6.45) is 0. The van der Waals surface area contributed by atoms with E-state index in [9.17, 15) is 0 Å². The SMILES string of the molecule is COc1cccc(N(C)Cc2ccc(Br)cc2)c1. The fourth-order valence-corrected chi connectivity index (χ4v) is 2.07. The third-order valence-corrected chi connectivity index (χ3v) is 3.36. The first-order valence-corrected chi connectivity index (χ1v) is 6.58. The van der Waals surface area contributed by atoms with E-state index in [0.717, 1.165) is 22.5 Å². The number of anilines is 1. The molecule has 0 aliphatic carbocycles. The second-order valence-electron chi connectivity index (χ2n) is 4.18. The maximum atomic E-state index is 5.24. The zero-order valence-electron chi connectivity index (χ0n) is 10.6. The number of nitrogens with zero attached hydrogens (tertiary/aromatic N) is 1. The number of hydrogen-bond donors (Lipinski definition) is 0. The Morgan fingerprint density at radius 3 is 2.50 bits per heavy atom. The quantitative estimate of drug-likeness (QED) is 0.843. The molecule has 0 aromatic heterocycles. The Labute approximate surface area is 116 Å². The lowest BCUT2D eigenvalue weighted by Crippen LogP contribution is -2.16. The van der Waals surface area contributed by atoms with Crippen molar-refractivity contribution in [2.24, 2.45) is 0 Å². The standard InChI is InChI=1S/C15H16BrNO/c1-17(11-12-6-8-13(16)9-7-12)14-4-3-5-15(10-14)18-2/h3-10H,11H2,1-2H3. The van der Waals surface area contributed by atoms with Crippen molar-refractivity contribution >= 4 is 21.6 Å². The molecule has 0 fully saturated rings. The van der Waals surface area contributed by atoms with Crippen molar-refractivity contribution in [1.29, 1.82) is 0 Å². The fourth-order valence-electron chi connectivity index (χ4n) is 1.80. The van der Waals surface area contributed by atoms with Crippen LogP contribution in [-0.4, -0.2) is 14.2 Å². The molecule has 18 heavy (non-hydrogen) atoms. The highest BCUT2D eigenvalue weighted by molar-refractivity contribution is 9.10. The van der Waals surface area contributed by atoms with Gasteiger partial charge in [-0.15, -0.1) is 0 Å². The van der Waals surface area contributed by atoms with Crippen molar-refractivity contribution in [1.82, 2.24) is 0 Å². The molecule has 0 aliphatic heterocycles. The lowest BCUT2D eigenvalue weighted by Gasteiger charge is -2.20. The van der Waals surface area contributed by atoms with Gasteiger partial charge >= 0.3 is 0 Å². The minimum atomic E-state index is 0.875. The molecular formula is C15H16BrNO. The molecule has 2 aromatic carbocycles. The number of methoxy groups -OCH3 is 1. The van der Waals surface area contributed by atoms with Crippen molar-refractivity contribution in [2.75, 3.05) is 19.1 Å². The second-order valence-corrected chi connectivity index (χ2v) is 5.10. The number of ether oxygens (including phenoxy) is 1. The van der Waals surface area contributed by atoms with Gasteiger partial charge in [-0.1, -0.05) is 34.1 Å². The fraction of sp³-hybridized carbons (Fsp3) is 0.200. The average Bonchev–Trinajstić information content (AvgIpc) is 2.41. The van der Waals surface area contributed by atoms with Gasteiger partial charge in [0, 0.05) is 29.8 Å². The molecule has 3 heteroatoms. The Kier molecular flexibility index (Phi) is 4.26. The Morgan fingerprint density at radius 1 is 1.11 bits per heavy atom. The molecule has 0 aliphatic rings. The van der Waals surface area contributed by atoms with Crippen LogP contribution >= 0.6 is 15.9 Å². The molecule has 2 nitrogen and oxygen atoms in total. The van der Waals surface area contributed by atoms with Gasteiger partial charge in [0.05, 0.1) is 7.11 Å². The van der Waals surface area contributed by atoms with Crippen LogP contribution in [0.1, 0.15) is 5.56 Å². The van der Waals surface area contributed by atoms with Crippen LogP contribution in [0.2, 0.25) is 0 Å². The molecule has 0 N–H and O–H groups in total. The van der Waals surface area contributed by atoms with Crippen molar-refractivity contribution in [3.05, 3.63) is 58.6 Å².